The summed E-state index contributed by atoms with van der Waals surface area (Å²) >= 11 is 6.11. The zero-order valence-corrected chi connectivity index (χ0v) is 11.0. The molecule has 3 nitrogen and oxygen atoms in total. The molecule has 0 aliphatic heterocycles. The molecule has 0 bridgehead atoms. The number of halogens is 1. The zero-order valence-electron chi connectivity index (χ0n) is 10.3. The lowest BCUT2D eigenvalue weighted by atomic mass is 10.1. The molecule has 0 radical (unpaired) electrons. The maximum atomic E-state index is 12.1. The van der Waals surface area contributed by atoms with E-state index in [4.69, 9.17) is 11.6 Å². The second-order valence-electron chi connectivity index (χ2n) is 4.18. The number of Topliss-reactive ketones (excluding diaryl/α,β-unsaturated/α-hetero) is 1. The van der Waals surface area contributed by atoms with E-state index in [-0.39, 0.29) is 12.2 Å². The molecule has 0 atom stereocenters. The van der Waals surface area contributed by atoms with Gasteiger partial charge in [0.25, 0.3) is 0 Å². The van der Waals surface area contributed by atoms with Crippen LogP contribution in [0, 0.1) is 13.8 Å². The largest absolute Gasteiger partial charge is 0.292 e. The molecule has 92 valence electrons. The van der Waals surface area contributed by atoms with Gasteiger partial charge in [0, 0.05) is 17.6 Å². The van der Waals surface area contributed by atoms with Crippen molar-refractivity contribution in [2.45, 2.75) is 20.3 Å². The minimum absolute atomic E-state index is 0.0498. The minimum atomic E-state index is -0.0498. The van der Waals surface area contributed by atoms with E-state index >= 15 is 0 Å². The smallest absolute Gasteiger partial charge is 0.185 e. The normalized spacial score (nSPS) is 10.4. The van der Waals surface area contributed by atoms with Crippen molar-refractivity contribution < 1.29 is 4.79 Å². The predicted octanol–water partition coefficient (Wildman–Crippen LogP) is 3.17. The first kappa shape index (κ1) is 12.7. The van der Waals surface area contributed by atoms with E-state index in [9.17, 15) is 4.79 Å². The third kappa shape index (κ3) is 2.93. The Balaban J connectivity index is 2.21. The van der Waals surface area contributed by atoms with Crippen molar-refractivity contribution in [2.24, 2.45) is 0 Å². The highest BCUT2D eigenvalue weighted by Crippen LogP contribution is 2.19. The van der Waals surface area contributed by atoms with Crippen molar-refractivity contribution in [3.8, 4) is 0 Å². The van der Waals surface area contributed by atoms with E-state index in [0.717, 1.165) is 11.1 Å². The number of aryl methyl sites for hydroxylation is 2. The van der Waals surface area contributed by atoms with Gasteiger partial charge in [0.15, 0.2) is 5.78 Å². The number of carbonyl (C=O) groups is 1. The average molecular weight is 261 g/mol. The van der Waals surface area contributed by atoms with Gasteiger partial charge in [0.1, 0.15) is 11.5 Å². The van der Waals surface area contributed by atoms with Gasteiger partial charge < -0.3 is 0 Å². The Morgan fingerprint density at radius 3 is 2.72 bits per heavy atom. The summed E-state index contributed by atoms with van der Waals surface area (Å²) in [5, 5.41) is 0.620. The number of ketones is 1. The SMILES string of the molecule is Cc1ccc(CC(=O)c2ccnc(C)n2)c(Cl)c1. The van der Waals surface area contributed by atoms with Crippen molar-refractivity contribution in [3.63, 3.8) is 0 Å². The van der Waals surface area contributed by atoms with Crippen LogP contribution in [0.25, 0.3) is 0 Å². The van der Waals surface area contributed by atoms with Crippen molar-refractivity contribution in [1.29, 1.82) is 0 Å². The monoisotopic (exact) mass is 260 g/mol. The molecule has 18 heavy (non-hydrogen) atoms. The Labute approximate surface area is 111 Å². The maximum absolute atomic E-state index is 12.1. The van der Waals surface area contributed by atoms with Crippen LogP contribution in [0.3, 0.4) is 0 Å². The molecule has 0 N–H and O–H groups in total. The number of rotatable bonds is 3. The van der Waals surface area contributed by atoms with Gasteiger partial charge in [0.2, 0.25) is 0 Å². The van der Waals surface area contributed by atoms with Crippen LogP contribution in [0.1, 0.15) is 27.4 Å². The van der Waals surface area contributed by atoms with Crippen molar-refractivity contribution in [2.75, 3.05) is 0 Å². The van der Waals surface area contributed by atoms with Crippen molar-refractivity contribution in [3.05, 3.63) is 58.1 Å². The molecule has 1 heterocycles. The van der Waals surface area contributed by atoms with Gasteiger partial charge >= 0.3 is 0 Å². The summed E-state index contributed by atoms with van der Waals surface area (Å²) in [5.41, 5.74) is 2.33. The lowest BCUT2D eigenvalue weighted by molar-refractivity contribution is 0.0988. The summed E-state index contributed by atoms with van der Waals surface area (Å²) in [6, 6.07) is 7.30. The first-order valence-electron chi connectivity index (χ1n) is 5.64. The van der Waals surface area contributed by atoms with Crippen LogP contribution >= 0.6 is 11.6 Å². The number of benzene rings is 1. The molecule has 0 aliphatic carbocycles. The van der Waals surface area contributed by atoms with E-state index in [1.165, 1.54) is 0 Å². The number of carbonyl (C=O) groups excluding carboxylic acids is 1. The van der Waals surface area contributed by atoms with E-state index in [0.29, 0.717) is 16.5 Å². The first-order valence-corrected chi connectivity index (χ1v) is 6.02. The highest BCUT2D eigenvalue weighted by Gasteiger charge is 2.11. The van der Waals surface area contributed by atoms with Gasteiger partial charge in [-0.25, -0.2) is 9.97 Å². The third-order valence-corrected chi connectivity index (χ3v) is 2.97. The highest BCUT2D eigenvalue weighted by molar-refractivity contribution is 6.31. The van der Waals surface area contributed by atoms with Gasteiger partial charge in [-0.15, -0.1) is 0 Å². The summed E-state index contributed by atoms with van der Waals surface area (Å²) in [4.78, 5) is 20.1. The highest BCUT2D eigenvalue weighted by atomic mass is 35.5. The van der Waals surface area contributed by atoms with E-state index in [2.05, 4.69) is 9.97 Å². The number of nitrogens with zero attached hydrogens (tertiary/aromatic N) is 2. The minimum Gasteiger partial charge on any atom is -0.292 e. The van der Waals surface area contributed by atoms with Crippen molar-refractivity contribution >= 4 is 17.4 Å². The predicted molar refractivity (Wildman–Crippen MR) is 71.0 cm³/mol. The fourth-order valence-corrected chi connectivity index (χ4v) is 1.97. The van der Waals surface area contributed by atoms with Gasteiger partial charge in [-0.3, -0.25) is 4.79 Å². The molecule has 0 spiro atoms. The molecule has 0 saturated heterocycles. The molecule has 0 fully saturated rings. The molecule has 0 amide bonds. The fraction of sp³-hybridized carbons (Fsp3) is 0.214. The van der Waals surface area contributed by atoms with Crippen LogP contribution in [-0.4, -0.2) is 15.8 Å². The lowest BCUT2D eigenvalue weighted by Gasteiger charge is -2.04. The van der Waals surface area contributed by atoms with Crippen LogP contribution in [-0.2, 0) is 6.42 Å². The molecule has 2 aromatic rings. The zero-order chi connectivity index (χ0) is 13.1. The number of hydrogen-bond donors (Lipinski definition) is 0. The van der Waals surface area contributed by atoms with Crippen LogP contribution < -0.4 is 0 Å². The summed E-state index contributed by atoms with van der Waals surface area (Å²) in [6.45, 7) is 3.72. The summed E-state index contributed by atoms with van der Waals surface area (Å²) in [7, 11) is 0. The third-order valence-electron chi connectivity index (χ3n) is 2.62. The van der Waals surface area contributed by atoms with E-state index in [1.807, 2.05) is 25.1 Å². The Hall–Kier alpha value is -1.74. The molecular formula is C14H13ClN2O. The molecule has 1 aromatic carbocycles. The standard InChI is InChI=1S/C14H13ClN2O/c1-9-3-4-11(12(15)7-9)8-14(18)13-5-6-16-10(2)17-13/h3-7H,8H2,1-2H3. The summed E-state index contributed by atoms with van der Waals surface area (Å²) in [5.74, 6) is 0.544. The van der Waals surface area contributed by atoms with E-state index < -0.39 is 0 Å². The van der Waals surface area contributed by atoms with Crippen LogP contribution in [0.15, 0.2) is 30.5 Å². The molecule has 2 rings (SSSR count). The Morgan fingerprint density at radius 1 is 1.28 bits per heavy atom. The van der Waals surface area contributed by atoms with Crippen LogP contribution in [0.4, 0.5) is 0 Å². The number of aromatic nitrogens is 2. The summed E-state index contributed by atoms with van der Waals surface area (Å²) < 4.78 is 0. The molecule has 0 saturated carbocycles. The molecule has 0 unspecified atom stereocenters. The summed E-state index contributed by atoms with van der Waals surface area (Å²) in [6.07, 6.45) is 1.85. The average Bonchev–Trinajstić information content (AvgIpc) is 2.32. The quantitative estimate of drug-likeness (QED) is 0.796. The van der Waals surface area contributed by atoms with Crippen LogP contribution in [0.2, 0.25) is 5.02 Å². The van der Waals surface area contributed by atoms with Gasteiger partial charge in [-0.2, -0.15) is 0 Å². The second kappa shape index (κ2) is 5.27. The Bertz CT molecular complexity index is 596. The molecule has 4 heteroatoms. The molecule has 1 aromatic heterocycles. The topological polar surface area (TPSA) is 42.9 Å². The van der Waals surface area contributed by atoms with Gasteiger partial charge in [-0.05, 0) is 37.1 Å². The maximum Gasteiger partial charge on any atom is 0.185 e. The fourth-order valence-electron chi connectivity index (χ4n) is 1.67. The van der Waals surface area contributed by atoms with Crippen molar-refractivity contribution in [1.82, 2.24) is 9.97 Å². The van der Waals surface area contributed by atoms with Gasteiger partial charge in [-0.1, -0.05) is 23.7 Å². The Morgan fingerprint density at radius 2 is 2.06 bits per heavy atom. The van der Waals surface area contributed by atoms with Gasteiger partial charge in [0.05, 0.1) is 0 Å². The second-order valence-corrected chi connectivity index (χ2v) is 4.59. The van der Waals surface area contributed by atoms with Crippen LogP contribution in [0.5, 0.6) is 0 Å². The first-order chi connectivity index (χ1) is 8.56. The lowest BCUT2D eigenvalue weighted by Crippen LogP contribution is -2.07. The van der Waals surface area contributed by atoms with E-state index in [1.54, 1.807) is 19.2 Å². The number of hydrogen-bond acceptors (Lipinski definition) is 3. The Kier molecular flexibility index (Phi) is 3.72. The molecule has 0 aliphatic rings. The molecular weight excluding hydrogens is 248 g/mol.